The Balaban J connectivity index is 1.75. The van der Waals surface area contributed by atoms with Gasteiger partial charge in [-0.1, -0.05) is 0 Å². The van der Waals surface area contributed by atoms with Gasteiger partial charge >= 0.3 is 0 Å². The van der Waals surface area contributed by atoms with E-state index in [2.05, 4.69) is 14.9 Å². The first kappa shape index (κ1) is 14.2. The molecule has 0 spiro atoms. The van der Waals surface area contributed by atoms with E-state index >= 15 is 0 Å². The van der Waals surface area contributed by atoms with Crippen LogP contribution in [0.4, 0.5) is 0 Å². The molecule has 2 rings (SSSR count). The smallest absolute Gasteiger partial charge is 0.255 e. The first-order valence-electron chi connectivity index (χ1n) is 6.58. The molecule has 0 aromatic carbocycles. The predicted octanol–water partition coefficient (Wildman–Crippen LogP) is 0.447. The molecule has 1 aliphatic heterocycles. The lowest BCUT2D eigenvalue weighted by molar-refractivity contribution is 0.0650. The average molecular weight is 267 g/mol. The number of fused-ring (bicyclic) bond motifs is 1. The topological polar surface area (TPSA) is 67.5 Å². The van der Waals surface area contributed by atoms with Gasteiger partial charge in [0, 0.05) is 33.4 Å². The normalized spacial score (nSPS) is 14.8. The van der Waals surface area contributed by atoms with Crippen molar-refractivity contribution in [1.29, 1.82) is 0 Å². The van der Waals surface area contributed by atoms with Gasteiger partial charge in [-0.15, -0.1) is 0 Å². The van der Waals surface area contributed by atoms with Crippen molar-refractivity contribution in [3.8, 4) is 0 Å². The molecule has 1 aromatic rings. The van der Waals surface area contributed by atoms with Crippen molar-refractivity contribution in [1.82, 2.24) is 14.9 Å². The quantitative estimate of drug-likeness (QED) is 0.726. The standard InChI is InChI=1S/C13H21N3O3/c1-10-14-12-9-16(8-11(12)13(17)15-10)4-3-5-19-7-6-18-2/h3-9H2,1-2H3,(H,14,15,17). The second-order valence-electron chi connectivity index (χ2n) is 4.75. The molecule has 0 atom stereocenters. The van der Waals surface area contributed by atoms with E-state index in [0.29, 0.717) is 25.6 Å². The molecule has 106 valence electrons. The average Bonchev–Trinajstić information content (AvgIpc) is 2.76. The predicted molar refractivity (Wildman–Crippen MR) is 71.0 cm³/mol. The van der Waals surface area contributed by atoms with Gasteiger partial charge < -0.3 is 14.5 Å². The molecule has 0 aliphatic carbocycles. The van der Waals surface area contributed by atoms with Gasteiger partial charge in [0.1, 0.15) is 5.82 Å². The van der Waals surface area contributed by atoms with Crippen LogP contribution in [0.3, 0.4) is 0 Å². The summed E-state index contributed by atoms with van der Waals surface area (Å²) < 4.78 is 10.3. The molecule has 6 nitrogen and oxygen atoms in total. The third kappa shape index (κ3) is 3.86. The van der Waals surface area contributed by atoms with Crippen molar-refractivity contribution in [2.75, 3.05) is 33.5 Å². The molecular weight excluding hydrogens is 246 g/mol. The van der Waals surface area contributed by atoms with Crippen LogP contribution >= 0.6 is 0 Å². The summed E-state index contributed by atoms with van der Waals surface area (Å²) in [6.07, 6.45) is 0.953. The van der Waals surface area contributed by atoms with Gasteiger partial charge in [0.2, 0.25) is 0 Å². The minimum Gasteiger partial charge on any atom is -0.382 e. The Kier molecular flexibility index (Phi) is 5.07. The summed E-state index contributed by atoms with van der Waals surface area (Å²) in [6.45, 7) is 6.17. The number of hydrogen-bond donors (Lipinski definition) is 1. The number of H-pyrrole nitrogens is 1. The largest absolute Gasteiger partial charge is 0.382 e. The Bertz CT molecular complexity index is 473. The van der Waals surface area contributed by atoms with Gasteiger partial charge in [-0.3, -0.25) is 9.69 Å². The zero-order valence-corrected chi connectivity index (χ0v) is 11.6. The lowest BCUT2D eigenvalue weighted by Crippen LogP contribution is -2.21. The molecule has 0 bridgehead atoms. The molecule has 1 aromatic heterocycles. The highest BCUT2D eigenvalue weighted by molar-refractivity contribution is 5.21. The number of aromatic nitrogens is 2. The van der Waals surface area contributed by atoms with Crippen LogP contribution in [0, 0.1) is 6.92 Å². The van der Waals surface area contributed by atoms with E-state index in [1.165, 1.54) is 0 Å². The third-order valence-electron chi connectivity index (χ3n) is 3.17. The van der Waals surface area contributed by atoms with Gasteiger partial charge in [-0.05, 0) is 13.3 Å². The Morgan fingerprint density at radius 1 is 1.32 bits per heavy atom. The fourth-order valence-corrected chi connectivity index (χ4v) is 2.25. The molecular formula is C13H21N3O3. The Labute approximate surface area is 112 Å². The van der Waals surface area contributed by atoms with Crippen LogP contribution in [-0.4, -0.2) is 48.3 Å². The van der Waals surface area contributed by atoms with Gasteiger partial charge in [0.25, 0.3) is 5.56 Å². The van der Waals surface area contributed by atoms with Crippen LogP contribution in [0.25, 0.3) is 0 Å². The monoisotopic (exact) mass is 267 g/mol. The summed E-state index contributed by atoms with van der Waals surface area (Å²) in [7, 11) is 1.66. The summed E-state index contributed by atoms with van der Waals surface area (Å²) >= 11 is 0. The van der Waals surface area contributed by atoms with Crippen LogP contribution in [0.1, 0.15) is 23.5 Å². The molecule has 0 amide bonds. The SMILES string of the molecule is COCCOCCCN1Cc2nc(C)[nH]c(=O)c2C1. The second kappa shape index (κ2) is 6.79. The number of methoxy groups -OCH3 is 1. The first-order valence-corrected chi connectivity index (χ1v) is 6.58. The van der Waals surface area contributed by atoms with Gasteiger partial charge in [0.15, 0.2) is 0 Å². The minimum atomic E-state index is 0.00124. The zero-order chi connectivity index (χ0) is 13.7. The number of ether oxygens (including phenoxy) is 2. The van der Waals surface area contributed by atoms with E-state index < -0.39 is 0 Å². The molecule has 0 unspecified atom stereocenters. The summed E-state index contributed by atoms with van der Waals surface area (Å²) in [5.41, 5.74) is 1.73. The Hall–Kier alpha value is -1.24. The van der Waals surface area contributed by atoms with E-state index in [4.69, 9.17) is 9.47 Å². The number of nitrogens with zero attached hydrogens (tertiary/aromatic N) is 2. The summed E-state index contributed by atoms with van der Waals surface area (Å²) in [4.78, 5) is 21.1. The van der Waals surface area contributed by atoms with Gasteiger partial charge in [-0.2, -0.15) is 0 Å². The van der Waals surface area contributed by atoms with E-state index in [-0.39, 0.29) is 5.56 Å². The third-order valence-corrected chi connectivity index (χ3v) is 3.17. The minimum absolute atomic E-state index is 0.00124. The lowest BCUT2D eigenvalue weighted by Gasteiger charge is -2.13. The molecule has 0 saturated carbocycles. The molecule has 0 saturated heterocycles. The van der Waals surface area contributed by atoms with Crippen LogP contribution in [0.2, 0.25) is 0 Å². The van der Waals surface area contributed by atoms with E-state index in [0.717, 1.165) is 37.4 Å². The van der Waals surface area contributed by atoms with E-state index in [1.54, 1.807) is 7.11 Å². The van der Waals surface area contributed by atoms with E-state index in [1.807, 2.05) is 6.92 Å². The van der Waals surface area contributed by atoms with Crippen LogP contribution in [0.5, 0.6) is 0 Å². The maximum atomic E-state index is 11.8. The number of aryl methyl sites for hydroxylation is 1. The summed E-state index contributed by atoms with van der Waals surface area (Å²) in [5.74, 6) is 0.688. The molecule has 0 radical (unpaired) electrons. The highest BCUT2D eigenvalue weighted by Crippen LogP contribution is 2.17. The van der Waals surface area contributed by atoms with Gasteiger partial charge in [-0.25, -0.2) is 4.98 Å². The maximum absolute atomic E-state index is 11.8. The molecule has 0 fully saturated rings. The highest BCUT2D eigenvalue weighted by atomic mass is 16.5. The molecule has 2 heterocycles. The number of hydrogen-bond acceptors (Lipinski definition) is 5. The van der Waals surface area contributed by atoms with Crippen LogP contribution < -0.4 is 5.56 Å². The summed E-state index contributed by atoms with van der Waals surface area (Å²) in [6, 6.07) is 0. The fourth-order valence-electron chi connectivity index (χ4n) is 2.25. The van der Waals surface area contributed by atoms with Gasteiger partial charge in [0.05, 0.1) is 24.5 Å². The van der Waals surface area contributed by atoms with Crippen molar-refractivity contribution >= 4 is 0 Å². The van der Waals surface area contributed by atoms with Crippen LogP contribution in [-0.2, 0) is 22.6 Å². The summed E-state index contributed by atoms with van der Waals surface area (Å²) in [5, 5.41) is 0. The molecule has 19 heavy (non-hydrogen) atoms. The first-order chi connectivity index (χ1) is 9.20. The van der Waals surface area contributed by atoms with Crippen molar-refractivity contribution in [3.05, 3.63) is 27.4 Å². The van der Waals surface area contributed by atoms with E-state index in [9.17, 15) is 4.79 Å². The fraction of sp³-hybridized carbons (Fsp3) is 0.692. The molecule has 1 aliphatic rings. The van der Waals surface area contributed by atoms with Crippen molar-refractivity contribution in [2.45, 2.75) is 26.4 Å². The Morgan fingerprint density at radius 3 is 2.95 bits per heavy atom. The zero-order valence-electron chi connectivity index (χ0n) is 11.6. The second-order valence-corrected chi connectivity index (χ2v) is 4.75. The number of aromatic amines is 1. The van der Waals surface area contributed by atoms with Crippen LogP contribution in [0.15, 0.2) is 4.79 Å². The number of rotatable bonds is 7. The van der Waals surface area contributed by atoms with Crippen molar-refractivity contribution in [3.63, 3.8) is 0 Å². The molecule has 6 heteroatoms. The number of nitrogens with one attached hydrogen (secondary N) is 1. The van der Waals surface area contributed by atoms with Crippen molar-refractivity contribution in [2.24, 2.45) is 0 Å². The molecule has 1 N–H and O–H groups in total. The lowest BCUT2D eigenvalue weighted by atomic mass is 10.3. The van der Waals surface area contributed by atoms with Crippen molar-refractivity contribution < 1.29 is 9.47 Å². The Morgan fingerprint density at radius 2 is 2.16 bits per heavy atom. The highest BCUT2D eigenvalue weighted by Gasteiger charge is 2.22. The maximum Gasteiger partial charge on any atom is 0.255 e.